The molecule has 0 fully saturated rings. The van der Waals surface area contributed by atoms with Gasteiger partial charge in [-0.1, -0.05) is 32.9 Å². The van der Waals surface area contributed by atoms with E-state index in [2.05, 4.69) is 61.9 Å². The third kappa shape index (κ3) is 4.24. The molecule has 0 N–H and O–H groups in total. The van der Waals surface area contributed by atoms with Gasteiger partial charge in [-0.25, -0.2) is 0 Å². The highest BCUT2D eigenvalue weighted by Crippen LogP contribution is 2.31. The van der Waals surface area contributed by atoms with E-state index in [4.69, 9.17) is 9.26 Å². The van der Waals surface area contributed by atoms with Crippen LogP contribution in [0.1, 0.15) is 56.6 Å². The standard InChI is InChI=1S/C23H29N3O2/c1-6-10-27-21-15(5)11-17(12-16(21)7-2)22-25-23(28-26-22)18-13-19(8-3)24-20(9-4)14-18/h11-14H,6-10H2,1-5H3. The maximum atomic E-state index is 5.95. The van der Waals surface area contributed by atoms with E-state index < -0.39 is 0 Å². The van der Waals surface area contributed by atoms with Gasteiger partial charge in [-0.15, -0.1) is 0 Å². The molecule has 0 aliphatic carbocycles. The molecular formula is C23H29N3O2. The molecule has 28 heavy (non-hydrogen) atoms. The zero-order valence-electron chi connectivity index (χ0n) is 17.5. The summed E-state index contributed by atoms with van der Waals surface area (Å²) < 4.78 is 11.5. The summed E-state index contributed by atoms with van der Waals surface area (Å²) in [5, 5.41) is 4.23. The lowest BCUT2D eigenvalue weighted by molar-refractivity contribution is 0.312. The van der Waals surface area contributed by atoms with Crippen LogP contribution in [-0.2, 0) is 19.3 Å². The van der Waals surface area contributed by atoms with Gasteiger partial charge >= 0.3 is 0 Å². The van der Waals surface area contributed by atoms with Crippen LogP contribution < -0.4 is 4.74 Å². The van der Waals surface area contributed by atoms with Gasteiger partial charge in [0.2, 0.25) is 5.82 Å². The normalized spacial score (nSPS) is 11.0. The first-order valence-corrected chi connectivity index (χ1v) is 10.2. The van der Waals surface area contributed by atoms with E-state index in [1.54, 1.807) is 0 Å². The summed E-state index contributed by atoms with van der Waals surface area (Å²) >= 11 is 0. The molecule has 2 aromatic heterocycles. The van der Waals surface area contributed by atoms with Gasteiger partial charge in [0, 0.05) is 22.5 Å². The molecule has 5 heteroatoms. The van der Waals surface area contributed by atoms with Gasteiger partial charge in [-0.05, 0) is 68.0 Å². The van der Waals surface area contributed by atoms with Crippen molar-refractivity contribution in [3.63, 3.8) is 0 Å². The molecule has 3 aromatic rings. The molecule has 0 saturated heterocycles. The van der Waals surface area contributed by atoms with Crippen molar-refractivity contribution in [1.29, 1.82) is 0 Å². The minimum Gasteiger partial charge on any atom is -0.493 e. The Hall–Kier alpha value is -2.69. The molecule has 0 aliphatic rings. The first kappa shape index (κ1) is 20.1. The number of hydrogen-bond acceptors (Lipinski definition) is 5. The molecule has 5 nitrogen and oxygen atoms in total. The van der Waals surface area contributed by atoms with E-state index in [0.29, 0.717) is 11.7 Å². The van der Waals surface area contributed by atoms with Gasteiger partial charge in [-0.3, -0.25) is 4.98 Å². The van der Waals surface area contributed by atoms with Gasteiger partial charge in [0.25, 0.3) is 5.89 Å². The summed E-state index contributed by atoms with van der Waals surface area (Å²) in [5.74, 6) is 2.11. The average molecular weight is 380 g/mol. The maximum Gasteiger partial charge on any atom is 0.258 e. The van der Waals surface area contributed by atoms with Gasteiger partial charge in [0.1, 0.15) is 5.75 Å². The van der Waals surface area contributed by atoms with Crippen LogP contribution in [0.5, 0.6) is 5.75 Å². The average Bonchev–Trinajstić information content (AvgIpc) is 3.22. The van der Waals surface area contributed by atoms with Crippen LogP contribution in [0.2, 0.25) is 0 Å². The fourth-order valence-electron chi connectivity index (χ4n) is 3.24. The largest absolute Gasteiger partial charge is 0.493 e. The Kier molecular flexibility index (Phi) is 6.45. The number of benzene rings is 1. The molecule has 148 valence electrons. The summed E-state index contributed by atoms with van der Waals surface area (Å²) in [4.78, 5) is 9.29. The van der Waals surface area contributed by atoms with Crippen molar-refractivity contribution < 1.29 is 9.26 Å². The first-order valence-electron chi connectivity index (χ1n) is 10.2. The third-order valence-electron chi connectivity index (χ3n) is 4.77. The zero-order valence-corrected chi connectivity index (χ0v) is 17.5. The second kappa shape index (κ2) is 9.00. The zero-order chi connectivity index (χ0) is 20.1. The van der Waals surface area contributed by atoms with Crippen LogP contribution in [-0.4, -0.2) is 21.7 Å². The number of rotatable bonds is 8. The van der Waals surface area contributed by atoms with Crippen molar-refractivity contribution in [2.24, 2.45) is 0 Å². The van der Waals surface area contributed by atoms with Crippen molar-refractivity contribution in [2.45, 2.75) is 60.3 Å². The second-order valence-electron chi connectivity index (χ2n) is 6.95. The number of nitrogens with zero attached hydrogens (tertiary/aromatic N) is 3. The SMILES string of the molecule is CCCOc1c(C)cc(-c2noc(-c3cc(CC)nc(CC)c3)n2)cc1CC. The maximum absolute atomic E-state index is 5.95. The van der Waals surface area contributed by atoms with E-state index >= 15 is 0 Å². The fourth-order valence-corrected chi connectivity index (χ4v) is 3.24. The van der Waals surface area contributed by atoms with Crippen LogP contribution >= 0.6 is 0 Å². The molecule has 0 aliphatic heterocycles. The molecule has 0 amide bonds. The quantitative estimate of drug-likeness (QED) is 0.511. The number of aromatic nitrogens is 3. The number of ether oxygens (including phenoxy) is 1. The van der Waals surface area contributed by atoms with Crippen molar-refractivity contribution >= 4 is 0 Å². The summed E-state index contributed by atoms with van der Waals surface area (Å²) in [6.07, 6.45) is 3.63. The van der Waals surface area contributed by atoms with Gasteiger partial charge < -0.3 is 9.26 Å². The lowest BCUT2D eigenvalue weighted by Crippen LogP contribution is -2.01. The van der Waals surface area contributed by atoms with Crippen molar-refractivity contribution in [1.82, 2.24) is 15.1 Å². The molecule has 0 atom stereocenters. The van der Waals surface area contributed by atoms with Crippen LogP contribution in [0.3, 0.4) is 0 Å². The van der Waals surface area contributed by atoms with Crippen LogP contribution in [0.15, 0.2) is 28.8 Å². The molecule has 3 rings (SSSR count). The Bertz CT molecular complexity index is 925. The lowest BCUT2D eigenvalue weighted by atomic mass is 10.0. The summed E-state index contributed by atoms with van der Waals surface area (Å²) in [5.41, 5.74) is 6.22. The highest BCUT2D eigenvalue weighted by Gasteiger charge is 2.16. The third-order valence-corrected chi connectivity index (χ3v) is 4.77. The van der Waals surface area contributed by atoms with Crippen LogP contribution in [0, 0.1) is 6.92 Å². The van der Waals surface area contributed by atoms with Crippen molar-refractivity contribution in [3.8, 4) is 28.6 Å². The van der Waals surface area contributed by atoms with Crippen LogP contribution in [0.25, 0.3) is 22.8 Å². The lowest BCUT2D eigenvalue weighted by Gasteiger charge is -2.14. The molecule has 1 aromatic carbocycles. The minimum atomic E-state index is 0.531. The summed E-state index contributed by atoms with van der Waals surface area (Å²) in [7, 11) is 0. The smallest absolute Gasteiger partial charge is 0.258 e. The molecular weight excluding hydrogens is 350 g/mol. The Labute approximate surface area is 167 Å². The Balaban J connectivity index is 1.97. The van der Waals surface area contributed by atoms with Gasteiger partial charge in [0.15, 0.2) is 0 Å². The number of pyridine rings is 1. The summed E-state index contributed by atoms with van der Waals surface area (Å²) in [6.45, 7) is 11.2. The Morgan fingerprint density at radius 1 is 0.857 bits per heavy atom. The van der Waals surface area contributed by atoms with E-state index in [1.807, 2.05) is 12.1 Å². The van der Waals surface area contributed by atoms with Gasteiger partial charge in [-0.2, -0.15) is 4.98 Å². The predicted octanol–water partition coefficient (Wildman–Crippen LogP) is 5.58. The fraction of sp³-hybridized carbons (Fsp3) is 0.435. The van der Waals surface area contributed by atoms with E-state index in [9.17, 15) is 0 Å². The van der Waals surface area contributed by atoms with Crippen LogP contribution in [0.4, 0.5) is 0 Å². The summed E-state index contributed by atoms with van der Waals surface area (Å²) in [6, 6.07) is 8.23. The molecule has 0 radical (unpaired) electrons. The highest BCUT2D eigenvalue weighted by molar-refractivity contribution is 5.64. The second-order valence-corrected chi connectivity index (χ2v) is 6.95. The first-order chi connectivity index (χ1) is 13.6. The topological polar surface area (TPSA) is 61.0 Å². The van der Waals surface area contributed by atoms with E-state index in [-0.39, 0.29) is 0 Å². The Morgan fingerprint density at radius 3 is 2.18 bits per heavy atom. The molecule has 0 unspecified atom stereocenters. The van der Waals surface area contributed by atoms with Crippen molar-refractivity contribution in [2.75, 3.05) is 6.61 Å². The number of hydrogen-bond donors (Lipinski definition) is 0. The molecule has 0 saturated carbocycles. The van der Waals surface area contributed by atoms with Gasteiger partial charge in [0.05, 0.1) is 6.61 Å². The van der Waals surface area contributed by atoms with E-state index in [1.165, 1.54) is 5.56 Å². The highest BCUT2D eigenvalue weighted by atomic mass is 16.5. The Morgan fingerprint density at radius 2 is 1.57 bits per heavy atom. The predicted molar refractivity (Wildman–Crippen MR) is 112 cm³/mol. The number of aryl methyl sites for hydroxylation is 4. The molecule has 0 bridgehead atoms. The minimum absolute atomic E-state index is 0.531. The van der Waals surface area contributed by atoms with Crippen molar-refractivity contribution in [3.05, 3.63) is 46.8 Å². The monoisotopic (exact) mass is 379 g/mol. The molecule has 0 spiro atoms. The molecule has 2 heterocycles. The van der Waals surface area contributed by atoms with E-state index in [0.717, 1.165) is 66.1 Å².